The number of halogens is 3. The van der Waals surface area contributed by atoms with Crippen LogP contribution in [-0.4, -0.2) is 10.9 Å². The van der Waals surface area contributed by atoms with Gasteiger partial charge in [0.2, 0.25) is 0 Å². The van der Waals surface area contributed by atoms with Crippen LogP contribution in [0, 0.1) is 31.4 Å². The van der Waals surface area contributed by atoms with Crippen molar-refractivity contribution in [2.45, 2.75) is 38.1 Å². The molecule has 1 aromatic heterocycles. The van der Waals surface area contributed by atoms with Crippen LogP contribution >= 0.6 is 15.9 Å². The number of aromatic nitrogens is 1. The van der Waals surface area contributed by atoms with Crippen molar-refractivity contribution in [1.82, 2.24) is 10.3 Å². The van der Waals surface area contributed by atoms with Crippen molar-refractivity contribution in [3.05, 3.63) is 88.2 Å². The van der Waals surface area contributed by atoms with E-state index >= 15 is 0 Å². The van der Waals surface area contributed by atoms with E-state index in [4.69, 9.17) is 0 Å². The second-order valence-corrected chi connectivity index (χ2v) is 8.66. The summed E-state index contributed by atoms with van der Waals surface area (Å²) < 4.78 is 27.2. The molecule has 2 aromatic carbocycles. The third-order valence-electron chi connectivity index (χ3n) is 5.65. The maximum Gasteiger partial charge on any atom is 0.251 e. The van der Waals surface area contributed by atoms with E-state index in [0.29, 0.717) is 28.2 Å². The standard InChI is InChI=1S/C25H23BrF2N2O/c1-14-9-20(27)5-6-21(14)18-10-16(13-26)11-19(12-18)25(31)30-24(17-3-4-17)23-8-7-22(28)15(2)29-23/h5-12,17,24H,3-4,13H2,1-2H3,(H,30,31)/t24-/m1/s1. The summed E-state index contributed by atoms with van der Waals surface area (Å²) in [6.07, 6.45) is 2.01. The van der Waals surface area contributed by atoms with Gasteiger partial charge in [-0.15, -0.1) is 0 Å². The molecule has 4 rings (SSSR count). The van der Waals surface area contributed by atoms with Crippen molar-refractivity contribution < 1.29 is 13.6 Å². The average Bonchev–Trinajstić information content (AvgIpc) is 3.58. The van der Waals surface area contributed by atoms with Gasteiger partial charge in [0.15, 0.2) is 0 Å². The SMILES string of the molecule is Cc1cc(F)ccc1-c1cc(CBr)cc(C(=O)N[C@@H](c2ccc(F)c(C)n2)C2CC2)c1. The number of nitrogens with one attached hydrogen (secondary N) is 1. The van der Waals surface area contributed by atoms with Crippen LogP contribution in [0.3, 0.4) is 0 Å². The van der Waals surface area contributed by atoms with Crippen molar-refractivity contribution in [2.24, 2.45) is 5.92 Å². The number of amides is 1. The molecular weight excluding hydrogens is 462 g/mol. The Kier molecular flexibility index (Phi) is 6.19. The van der Waals surface area contributed by atoms with Crippen molar-refractivity contribution >= 4 is 21.8 Å². The van der Waals surface area contributed by atoms with Crippen molar-refractivity contribution in [1.29, 1.82) is 0 Å². The molecule has 31 heavy (non-hydrogen) atoms. The van der Waals surface area contributed by atoms with E-state index in [1.807, 2.05) is 25.1 Å². The summed E-state index contributed by atoms with van der Waals surface area (Å²) in [5, 5.41) is 3.70. The fourth-order valence-corrected chi connectivity index (χ4v) is 4.15. The summed E-state index contributed by atoms with van der Waals surface area (Å²) in [4.78, 5) is 17.6. The fraction of sp³-hybridized carbons (Fsp3) is 0.280. The molecule has 0 spiro atoms. The summed E-state index contributed by atoms with van der Waals surface area (Å²) in [5.41, 5.74) is 5.03. The van der Waals surface area contributed by atoms with Gasteiger partial charge in [-0.1, -0.05) is 28.1 Å². The molecule has 6 heteroatoms. The normalized spacial score (nSPS) is 14.4. The topological polar surface area (TPSA) is 42.0 Å². The minimum absolute atomic E-state index is 0.204. The van der Waals surface area contributed by atoms with Crippen LogP contribution < -0.4 is 5.32 Å². The number of carbonyl (C=O) groups excluding carboxylic acids is 1. The second kappa shape index (κ2) is 8.87. The molecule has 160 valence electrons. The first-order chi connectivity index (χ1) is 14.9. The number of alkyl halides is 1. The first-order valence-corrected chi connectivity index (χ1v) is 11.4. The lowest BCUT2D eigenvalue weighted by molar-refractivity contribution is 0.0930. The van der Waals surface area contributed by atoms with Gasteiger partial charge >= 0.3 is 0 Å². The Morgan fingerprint density at radius 3 is 2.55 bits per heavy atom. The summed E-state index contributed by atoms with van der Waals surface area (Å²) in [6, 6.07) is 13.1. The van der Waals surface area contributed by atoms with E-state index in [-0.39, 0.29) is 23.6 Å². The Labute approximate surface area is 189 Å². The van der Waals surface area contributed by atoms with Gasteiger partial charge in [-0.2, -0.15) is 0 Å². The highest BCUT2D eigenvalue weighted by molar-refractivity contribution is 9.08. The van der Waals surface area contributed by atoms with Crippen LogP contribution in [0.5, 0.6) is 0 Å². The molecule has 1 fully saturated rings. The minimum Gasteiger partial charge on any atom is -0.343 e. The Hall–Kier alpha value is -2.60. The molecule has 1 saturated carbocycles. The van der Waals surface area contributed by atoms with Gasteiger partial charge in [-0.3, -0.25) is 9.78 Å². The van der Waals surface area contributed by atoms with E-state index in [1.54, 1.807) is 19.1 Å². The molecule has 1 N–H and O–H groups in total. The highest BCUT2D eigenvalue weighted by Crippen LogP contribution is 2.41. The highest BCUT2D eigenvalue weighted by Gasteiger charge is 2.34. The van der Waals surface area contributed by atoms with Crippen molar-refractivity contribution in [2.75, 3.05) is 0 Å². The van der Waals surface area contributed by atoms with Crippen LogP contribution in [0.4, 0.5) is 8.78 Å². The number of aryl methyl sites for hydroxylation is 2. The van der Waals surface area contributed by atoms with Crippen molar-refractivity contribution in [3.63, 3.8) is 0 Å². The van der Waals surface area contributed by atoms with Gasteiger partial charge in [0.25, 0.3) is 5.91 Å². The first kappa shape index (κ1) is 21.6. The van der Waals surface area contributed by atoms with Gasteiger partial charge in [-0.05, 0) is 91.3 Å². The molecule has 1 atom stereocenters. The van der Waals surface area contributed by atoms with Crippen LogP contribution in [0.25, 0.3) is 11.1 Å². The summed E-state index contributed by atoms with van der Waals surface area (Å²) in [5.74, 6) is -0.539. The molecule has 0 bridgehead atoms. The van der Waals surface area contributed by atoms with Crippen LogP contribution in [-0.2, 0) is 5.33 Å². The van der Waals surface area contributed by atoms with E-state index in [2.05, 4.69) is 26.2 Å². The zero-order valence-corrected chi connectivity index (χ0v) is 19.0. The maximum atomic E-state index is 13.7. The zero-order valence-electron chi connectivity index (χ0n) is 17.4. The lowest BCUT2D eigenvalue weighted by atomic mass is 9.96. The molecule has 0 aliphatic heterocycles. The van der Waals surface area contributed by atoms with Crippen LogP contribution in [0.2, 0.25) is 0 Å². The summed E-state index contributed by atoms with van der Waals surface area (Å²) in [6.45, 7) is 3.48. The van der Waals surface area contributed by atoms with Gasteiger partial charge in [0, 0.05) is 10.9 Å². The van der Waals surface area contributed by atoms with Crippen LogP contribution in [0.1, 0.15) is 51.8 Å². The monoisotopic (exact) mass is 484 g/mol. The minimum atomic E-state index is -0.353. The Balaban J connectivity index is 1.66. The molecule has 0 unspecified atom stereocenters. The lowest BCUT2D eigenvalue weighted by Gasteiger charge is -2.19. The second-order valence-electron chi connectivity index (χ2n) is 8.10. The molecular formula is C25H23BrF2N2O. The average molecular weight is 485 g/mol. The predicted octanol–water partition coefficient (Wildman–Crippen LogP) is 6.42. The van der Waals surface area contributed by atoms with E-state index < -0.39 is 0 Å². The Morgan fingerprint density at radius 2 is 1.90 bits per heavy atom. The smallest absolute Gasteiger partial charge is 0.251 e. The van der Waals surface area contributed by atoms with Gasteiger partial charge < -0.3 is 5.32 Å². The number of hydrogen-bond acceptors (Lipinski definition) is 2. The number of hydrogen-bond donors (Lipinski definition) is 1. The Bertz CT molecular complexity index is 1140. The number of rotatable bonds is 6. The Morgan fingerprint density at radius 1 is 1.13 bits per heavy atom. The molecule has 1 aliphatic carbocycles. The number of nitrogens with zero attached hydrogens (tertiary/aromatic N) is 1. The molecule has 1 amide bonds. The third-order valence-corrected chi connectivity index (χ3v) is 6.30. The van der Waals surface area contributed by atoms with Crippen molar-refractivity contribution in [3.8, 4) is 11.1 Å². The summed E-state index contributed by atoms with van der Waals surface area (Å²) >= 11 is 3.48. The van der Waals surface area contributed by atoms with E-state index in [0.717, 1.165) is 35.1 Å². The van der Waals surface area contributed by atoms with Gasteiger partial charge in [0.05, 0.1) is 17.4 Å². The zero-order chi connectivity index (χ0) is 22.1. The molecule has 0 saturated heterocycles. The van der Waals surface area contributed by atoms with E-state index in [1.165, 1.54) is 18.2 Å². The highest BCUT2D eigenvalue weighted by atomic mass is 79.9. The molecule has 3 aromatic rings. The predicted molar refractivity (Wildman–Crippen MR) is 121 cm³/mol. The number of benzene rings is 2. The maximum absolute atomic E-state index is 13.7. The number of pyridine rings is 1. The van der Waals surface area contributed by atoms with Crippen LogP contribution in [0.15, 0.2) is 48.5 Å². The summed E-state index contributed by atoms with van der Waals surface area (Å²) in [7, 11) is 0. The number of carbonyl (C=O) groups is 1. The molecule has 1 aliphatic rings. The molecule has 0 radical (unpaired) electrons. The first-order valence-electron chi connectivity index (χ1n) is 10.3. The van der Waals surface area contributed by atoms with E-state index in [9.17, 15) is 13.6 Å². The molecule has 1 heterocycles. The van der Waals surface area contributed by atoms with Gasteiger partial charge in [-0.25, -0.2) is 8.78 Å². The third kappa shape index (κ3) is 4.85. The van der Waals surface area contributed by atoms with Gasteiger partial charge in [0.1, 0.15) is 11.6 Å². The largest absolute Gasteiger partial charge is 0.343 e. The quantitative estimate of drug-likeness (QED) is 0.410. The fourth-order valence-electron chi connectivity index (χ4n) is 3.83. The molecule has 3 nitrogen and oxygen atoms in total. The lowest BCUT2D eigenvalue weighted by Crippen LogP contribution is -2.30.